The SMILES string of the molecule is O=C1NC(=Nc2c(Cl)cccc2Cl)S/C1=C/c1ccc2ncncc2c1. The molecule has 1 saturated heterocycles. The molecular weight excluding hydrogens is 391 g/mol. The van der Waals surface area contributed by atoms with Crippen LogP contribution in [0.15, 0.2) is 58.8 Å². The molecule has 26 heavy (non-hydrogen) atoms. The van der Waals surface area contributed by atoms with Crippen LogP contribution in [0, 0.1) is 0 Å². The summed E-state index contributed by atoms with van der Waals surface area (Å²) in [4.78, 5) is 25.3. The van der Waals surface area contributed by atoms with Gasteiger partial charge in [0.25, 0.3) is 5.91 Å². The third kappa shape index (κ3) is 3.44. The van der Waals surface area contributed by atoms with E-state index in [4.69, 9.17) is 23.2 Å². The van der Waals surface area contributed by atoms with Gasteiger partial charge in [0.2, 0.25) is 0 Å². The number of aliphatic imine (C=N–C) groups is 1. The van der Waals surface area contributed by atoms with Gasteiger partial charge in [-0.05, 0) is 47.7 Å². The summed E-state index contributed by atoms with van der Waals surface area (Å²) in [6.45, 7) is 0. The van der Waals surface area contributed by atoms with Gasteiger partial charge in [0.15, 0.2) is 5.17 Å². The van der Waals surface area contributed by atoms with Crippen molar-refractivity contribution in [3.63, 3.8) is 0 Å². The highest BCUT2D eigenvalue weighted by Crippen LogP contribution is 2.35. The summed E-state index contributed by atoms with van der Waals surface area (Å²) in [6, 6.07) is 10.8. The van der Waals surface area contributed by atoms with Crippen LogP contribution in [0.2, 0.25) is 10.0 Å². The largest absolute Gasteiger partial charge is 0.300 e. The number of aromatic nitrogens is 2. The molecule has 128 valence electrons. The van der Waals surface area contributed by atoms with Gasteiger partial charge < -0.3 is 5.32 Å². The van der Waals surface area contributed by atoms with Gasteiger partial charge in [-0.1, -0.05) is 35.3 Å². The first kappa shape index (κ1) is 17.0. The lowest BCUT2D eigenvalue weighted by Gasteiger charge is -2.01. The molecule has 5 nitrogen and oxygen atoms in total. The van der Waals surface area contributed by atoms with Gasteiger partial charge in [-0.15, -0.1) is 0 Å². The van der Waals surface area contributed by atoms with Crippen molar-refractivity contribution >= 4 is 68.7 Å². The Balaban J connectivity index is 1.65. The van der Waals surface area contributed by atoms with Crippen molar-refractivity contribution < 1.29 is 4.79 Å². The minimum atomic E-state index is -0.221. The number of carbonyl (C=O) groups excluding carboxylic acids is 1. The van der Waals surface area contributed by atoms with Crippen LogP contribution in [0.5, 0.6) is 0 Å². The Kier molecular flexibility index (Phi) is 4.63. The molecule has 1 aromatic heterocycles. The molecule has 2 aromatic carbocycles. The van der Waals surface area contributed by atoms with Gasteiger partial charge in [-0.3, -0.25) is 4.79 Å². The summed E-state index contributed by atoms with van der Waals surface area (Å²) >= 11 is 13.5. The predicted molar refractivity (Wildman–Crippen MR) is 107 cm³/mol. The zero-order valence-corrected chi connectivity index (χ0v) is 15.4. The summed E-state index contributed by atoms with van der Waals surface area (Å²) < 4.78 is 0. The summed E-state index contributed by atoms with van der Waals surface area (Å²) in [6.07, 6.45) is 5.03. The third-order valence-electron chi connectivity index (χ3n) is 3.63. The van der Waals surface area contributed by atoms with E-state index in [1.807, 2.05) is 18.2 Å². The van der Waals surface area contributed by atoms with Gasteiger partial charge in [-0.2, -0.15) is 0 Å². The molecule has 8 heteroatoms. The Morgan fingerprint density at radius 1 is 1.15 bits per heavy atom. The number of nitrogens with zero attached hydrogens (tertiary/aromatic N) is 3. The zero-order valence-electron chi connectivity index (χ0n) is 13.1. The first-order chi connectivity index (χ1) is 12.6. The maximum atomic E-state index is 12.2. The molecule has 0 spiro atoms. The number of thioether (sulfide) groups is 1. The second-order valence-corrected chi connectivity index (χ2v) is 7.24. The number of nitrogens with one attached hydrogen (secondary N) is 1. The standard InChI is InChI=1S/C18H10Cl2N4OS/c19-12-2-1-3-13(20)16(12)23-18-24-17(25)15(26-18)7-10-4-5-14-11(6-10)8-21-9-22-14/h1-9H,(H,23,24,25)/b15-7+. The lowest BCUT2D eigenvalue weighted by Crippen LogP contribution is -2.19. The number of amidine groups is 1. The average molecular weight is 401 g/mol. The third-order valence-corrected chi connectivity index (χ3v) is 5.15. The van der Waals surface area contributed by atoms with Crippen molar-refractivity contribution in [2.75, 3.05) is 0 Å². The maximum Gasteiger partial charge on any atom is 0.264 e. The minimum Gasteiger partial charge on any atom is -0.300 e. The molecule has 0 unspecified atom stereocenters. The summed E-state index contributed by atoms with van der Waals surface area (Å²) in [5.41, 5.74) is 2.16. The number of para-hydroxylation sites is 1. The van der Waals surface area contributed by atoms with Gasteiger partial charge in [0.1, 0.15) is 12.0 Å². The number of amides is 1. The Morgan fingerprint density at radius 3 is 2.77 bits per heavy atom. The monoisotopic (exact) mass is 400 g/mol. The maximum absolute atomic E-state index is 12.2. The van der Waals surface area contributed by atoms with Crippen molar-refractivity contribution in [3.05, 3.63) is 69.4 Å². The normalized spacial score (nSPS) is 17.2. The smallest absolute Gasteiger partial charge is 0.264 e. The van der Waals surface area contributed by atoms with Crippen LogP contribution in [0.3, 0.4) is 0 Å². The lowest BCUT2D eigenvalue weighted by molar-refractivity contribution is -0.115. The summed E-state index contributed by atoms with van der Waals surface area (Å²) in [5.74, 6) is -0.221. The van der Waals surface area contributed by atoms with Crippen LogP contribution in [-0.4, -0.2) is 21.0 Å². The van der Waals surface area contributed by atoms with Crippen LogP contribution >= 0.6 is 35.0 Å². The van der Waals surface area contributed by atoms with Crippen LogP contribution in [0.1, 0.15) is 5.56 Å². The van der Waals surface area contributed by atoms with E-state index in [0.29, 0.717) is 25.8 Å². The van der Waals surface area contributed by atoms with Gasteiger partial charge in [0, 0.05) is 11.6 Å². The number of fused-ring (bicyclic) bond motifs is 1. The highest BCUT2D eigenvalue weighted by molar-refractivity contribution is 8.18. The van der Waals surface area contributed by atoms with E-state index in [1.165, 1.54) is 18.1 Å². The van der Waals surface area contributed by atoms with E-state index in [0.717, 1.165) is 16.5 Å². The van der Waals surface area contributed by atoms with E-state index in [9.17, 15) is 4.79 Å². The molecule has 3 aromatic rings. The molecular formula is C18H10Cl2N4OS. The molecule has 0 saturated carbocycles. The summed E-state index contributed by atoms with van der Waals surface area (Å²) in [5, 5.41) is 4.91. The first-order valence-electron chi connectivity index (χ1n) is 7.53. The van der Waals surface area contributed by atoms with E-state index < -0.39 is 0 Å². The van der Waals surface area contributed by atoms with Crippen molar-refractivity contribution in [1.82, 2.24) is 15.3 Å². The van der Waals surface area contributed by atoms with E-state index in [-0.39, 0.29) is 5.91 Å². The average Bonchev–Trinajstić information content (AvgIpc) is 2.97. The molecule has 0 atom stereocenters. The molecule has 0 radical (unpaired) electrons. The van der Waals surface area contributed by atoms with Crippen LogP contribution < -0.4 is 5.32 Å². The van der Waals surface area contributed by atoms with Gasteiger partial charge >= 0.3 is 0 Å². The van der Waals surface area contributed by atoms with E-state index in [2.05, 4.69) is 20.3 Å². The van der Waals surface area contributed by atoms with Gasteiger partial charge in [-0.25, -0.2) is 15.0 Å². The van der Waals surface area contributed by atoms with Crippen LogP contribution in [0.4, 0.5) is 5.69 Å². The highest BCUT2D eigenvalue weighted by Gasteiger charge is 2.24. The number of halogens is 2. The molecule has 1 fully saturated rings. The van der Waals surface area contributed by atoms with Crippen LogP contribution in [0.25, 0.3) is 17.0 Å². The van der Waals surface area contributed by atoms with Gasteiger partial charge in [0.05, 0.1) is 20.5 Å². The Morgan fingerprint density at radius 2 is 1.96 bits per heavy atom. The van der Waals surface area contributed by atoms with E-state index in [1.54, 1.807) is 30.5 Å². The second-order valence-electron chi connectivity index (χ2n) is 5.39. The fraction of sp³-hybridized carbons (Fsp3) is 0. The molecule has 1 aliphatic heterocycles. The Hall–Kier alpha value is -2.41. The zero-order chi connectivity index (χ0) is 18.1. The minimum absolute atomic E-state index is 0.221. The molecule has 4 rings (SSSR count). The number of rotatable bonds is 2. The number of benzene rings is 2. The lowest BCUT2D eigenvalue weighted by atomic mass is 10.1. The predicted octanol–water partition coefficient (Wildman–Crippen LogP) is 4.83. The fourth-order valence-corrected chi connectivity index (χ4v) is 3.73. The number of hydrogen-bond acceptors (Lipinski definition) is 5. The molecule has 1 N–H and O–H groups in total. The quantitative estimate of drug-likeness (QED) is 0.625. The van der Waals surface area contributed by atoms with E-state index >= 15 is 0 Å². The fourth-order valence-electron chi connectivity index (χ4n) is 2.42. The second kappa shape index (κ2) is 7.07. The first-order valence-corrected chi connectivity index (χ1v) is 9.11. The number of hydrogen-bond donors (Lipinski definition) is 1. The molecule has 0 bridgehead atoms. The number of carbonyl (C=O) groups is 1. The molecule has 0 aliphatic carbocycles. The summed E-state index contributed by atoms with van der Waals surface area (Å²) in [7, 11) is 0. The van der Waals surface area contributed by atoms with Crippen molar-refractivity contribution in [1.29, 1.82) is 0 Å². The molecule has 2 heterocycles. The Bertz CT molecular complexity index is 1080. The van der Waals surface area contributed by atoms with Crippen LogP contribution in [-0.2, 0) is 4.79 Å². The molecule has 1 amide bonds. The Labute approximate surface area is 163 Å². The van der Waals surface area contributed by atoms with Crippen molar-refractivity contribution in [3.8, 4) is 0 Å². The molecule has 1 aliphatic rings. The van der Waals surface area contributed by atoms with Crippen molar-refractivity contribution in [2.45, 2.75) is 0 Å². The topological polar surface area (TPSA) is 67.2 Å². The highest BCUT2D eigenvalue weighted by atomic mass is 35.5. The van der Waals surface area contributed by atoms with Crippen molar-refractivity contribution in [2.24, 2.45) is 4.99 Å².